The van der Waals surface area contributed by atoms with Crippen LogP contribution in [0.5, 0.6) is 0 Å². The number of nitrogens with two attached hydrogens (primary N) is 1. The molecule has 114 valence electrons. The van der Waals surface area contributed by atoms with E-state index in [0.29, 0.717) is 6.61 Å². The summed E-state index contributed by atoms with van der Waals surface area (Å²) in [7, 11) is 0. The van der Waals surface area contributed by atoms with Gasteiger partial charge in [-0.25, -0.2) is 0 Å². The number of carbonyl (C=O) groups is 1. The maximum atomic E-state index is 12.3. The van der Waals surface area contributed by atoms with Gasteiger partial charge >= 0.3 is 0 Å². The number of benzene rings is 1. The van der Waals surface area contributed by atoms with Crippen molar-refractivity contribution in [2.45, 2.75) is 50.7 Å². The van der Waals surface area contributed by atoms with Gasteiger partial charge in [0.2, 0.25) is 5.91 Å². The van der Waals surface area contributed by atoms with Crippen LogP contribution < -0.4 is 11.1 Å². The third-order valence-corrected chi connectivity index (χ3v) is 4.45. The van der Waals surface area contributed by atoms with E-state index in [4.69, 9.17) is 10.5 Å². The van der Waals surface area contributed by atoms with Crippen LogP contribution in [0.1, 0.15) is 44.1 Å². The Bertz CT molecular complexity index is 505. The zero-order valence-corrected chi connectivity index (χ0v) is 12.4. The second-order valence-corrected chi connectivity index (χ2v) is 6.48. The first-order valence-corrected chi connectivity index (χ1v) is 7.93. The Morgan fingerprint density at radius 3 is 2.81 bits per heavy atom. The predicted molar refractivity (Wildman–Crippen MR) is 82.8 cm³/mol. The average molecular weight is 288 g/mol. The van der Waals surface area contributed by atoms with E-state index in [1.165, 1.54) is 12.8 Å². The first-order chi connectivity index (χ1) is 10.2. The molecule has 2 saturated carbocycles. The van der Waals surface area contributed by atoms with Gasteiger partial charge in [0, 0.05) is 12.3 Å². The number of ether oxygens (including phenoxy) is 1. The highest BCUT2D eigenvalue weighted by atomic mass is 16.5. The van der Waals surface area contributed by atoms with E-state index in [1.807, 2.05) is 24.3 Å². The Kier molecular flexibility index (Phi) is 4.27. The first-order valence-electron chi connectivity index (χ1n) is 7.93. The highest BCUT2D eigenvalue weighted by Gasteiger charge is 2.36. The Hall–Kier alpha value is -1.39. The molecule has 3 rings (SSSR count). The lowest BCUT2D eigenvalue weighted by Gasteiger charge is -2.22. The van der Waals surface area contributed by atoms with Gasteiger partial charge < -0.3 is 15.8 Å². The first kappa shape index (κ1) is 14.5. The standard InChI is InChI=1S/C17H24N2O2/c18-17(8-1-2-9-17)16(20)19-15-5-3-4-14(10-15)12-21-11-13-6-7-13/h3-5,10,13H,1-2,6-9,11-12,18H2,(H,19,20). The third-order valence-electron chi connectivity index (χ3n) is 4.45. The van der Waals surface area contributed by atoms with E-state index in [1.54, 1.807) is 0 Å². The van der Waals surface area contributed by atoms with Gasteiger partial charge in [0.15, 0.2) is 0 Å². The lowest BCUT2D eigenvalue weighted by molar-refractivity contribution is -0.121. The maximum absolute atomic E-state index is 12.3. The number of amides is 1. The van der Waals surface area contributed by atoms with Gasteiger partial charge in [-0.3, -0.25) is 4.79 Å². The van der Waals surface area contributed by atoms with Crippen LogP contribution in [0.25, 0.3) is 0 Å². The molecule has 2 fully saturated rings. The van der Waals surface area contributed by atoms with Crippen molar-refractivity contribution in [3.05, 3.63) is 29.8 Å². The molecule has 0 spiro atoms. The van der Waals surface area contributed by atoms with E-state index in [-0.39, 0.29) is 5.91 Å². The molecule has 0 atom stereocenters. The Morgan fingerprint density at radius 1 is 1.33 bits per heavy atom. The molecule has 0 aromatic heterocycles. The van der Waals surface area contributed by atoms with Gasteiger partial charge in [-0.2, -0.15) is 0 Å². The molecular weight excluding hydrogens is 264 g/mol. The minimum Gasteiger partial charge on any atom is -0.376 e. The quantitative estimate of drug-likeness (QED) is 0.846. The van der Waals surface area contributed by atoms with Crippen molar-refractivity contribution < 1.29 is 9.53 Å². The van der Waals surface area contributed by atoms with Crippen LogP contribution in [0, 0.1) is 5.92 Å². The highest BCUT2D eigenvalue weighted by molar-refractivity contribution is 5.98. The number of hydrogen-bond donors (Lipinski definition) is 2. The molecule has 1 aromatic rings. The molecular formula is C17H24N2O2. The van der Waals surface area contributed by atoms with Gasteiger partial charge in [0.1, 0.15) is 0 Å². The van der Waals surface area contributed by atoms with Gasteiger partial charge in [0.05, 0.1) is 12.1 Å². The zero-order valence-electron chi connectivity index (χ0n) is 12.4. The summed E-state index contributed by atoms with van der Waals surface area (Å²) in [6, 6.07) is 7.85. The molecule has 0 aliphatic heterocycles. The van der Waals surface area contributed by atoms with Crippen molar-refractivity contribution >= 4 is 11.6 Å². The second kappa shape index (κ2) is 6.16. The summed E-state index contributed by atoms with van der Waals surface area (Å²) in [5, 5.41) is 2.96. The Labute approximate surface area is 126 Å². The molecule has 21 heavy (non-hydrogen) atoms. The minimum absolute atomic E-state index is 0.0592. The molecule has 4 nitrogen and oxygen atoms in total. The van der Waals surface area contributed by atoms with Crippen molar-refractivity contribution in [1.29, 1.82) is 0 Å². The normalized spacial score (nSPS) is 20.4. The van der Waals surface area contributed by atoms with Crippen LogP contribution >= 0.6 is 0 Å². The van der Waals surface area contributed by atoms with E-state index < -0.39 is 5.54 Å². The van der Waals surface area contributed by atoms with Crippen molar-refractivity contribution in [2.75, 3.05) is 11.9 Å². The van der Waals surface area contributed by atoms with Crippen LogP contribution in [0.4, 0.5) is 5.69 Å². The van der Waals surface area contributed by atoms with E-state index in [2.05, 4.69) is 5.32 Å². The van der Waals surface area contributed by atoms with Crippen molar-refractivity contribution in [3.63, 3.8) is 0 Å². The summed E-state index contributed by atoms with van der Waals surface area (Å²) < 4.78 is 5.69. The predicted octanol–water partition coefficient (Wildman–Crippen LogP) is 2.82. The van der Waals surface area contributed by atoms with Gasteiger partial charge in [0.25, 0.3) is 0 Å². The summed E-state index contributed by atoms with van der Waals surface area (Å²) >= 11 is 0. The molecule has 2 aliphatic carbocycles. The van der Waals surface area contributed by atoms with E-state index in [0.717, 1.165) is 49.5 Å². The third kappa shape index (κ3) is 3.83. The number of rotatable bonds is 6. The largest absolute Gasteiger partial charge is 0.376 e. The number of carbonyl (C=O) groups excluding carboxylic acids is 1. The van der Waals surface area contributed by atoms with Crippen molar-refractivity contribution in [2.24, 2.45) is 11.7 Å². The molecule has 0 unspecified atom stereocenters. The summed E-state index contributed by atoms with van der Waals surface area (Å²) in [5.41, 5.74) is 7.39. The van der Waals surface area contributed by atoms with Gasteiger partial charge in [-0.1, -0.05) is 25.0 Å². The fraction of sp³-hybridized carbons (Fsp3) is 0.588. The summed E-state index contributed by atoms with van der Waals surface area (Å²) in [6.45, 7) is 1.45. The second-order valence-electron chi connectivity index (χ2n) is 6.48. The Balaban J connectivity index is 1.55. The molecule has 2 aliphatic rings. The molecule has 0 radical (unpaired) electrons. The van der Waals surface area contributed by atoms with Crippen LogP contribution in [0.15, 0.2) is 24.3 Å². The van der Waals surface area contributed by atoms with Gasteiger partial charge in [-0.15, -0.1) is 0 Å². The molecule has 1 aromatic carbocycles. The van der Waals surface area contributed by atoms with Crippen LogP contribution in [0.3, 0.4) is 0 Å². The summed E-state index contributed by atoms with van der Waals surface area (Å²) in [5.74, 6) is 0.711. The smallest absolute Gasteiger partial charge is 0.244 e. The molecule has 0 bridgehead atoms. The lowest BCUT2D eigenvalue weighted by atomic mass is 9.98. The maximum Gasteiger partial charge on any atom is 0.244 e. The van der Waals surface area contributed by atoms with Crippen molar-refractivity contribution in [1.82, 2.24) is 0 Å². The zero-order chi connectivity index (χ0) is 14.7. The summed E-state index contributed by atoms with van der Waals surface area (Å²) in [4.78, 5) is 12.3. The van der Waals surface area contributed by atoms with Crippen LogP contribution in [-0.4, -0.2) is 18.1 Å². The number of nitrogens with one attached hydrogen (secondary N) is 1. The molecule has 0 heterocycles. The minimum atomic E-state index is -0.682. The Morgan fingerprint density at radius 2 is 2.10 bits per heavy atom. The van der Waals surface area contributed by atoms with E-state index >= 15 is 0 Å². The molecule has 1 amide bonds. The van der Waals surface area contributed by atoms with Crippen molar-refractivity contribution in [3.8, 4) is 0 Å². The summed E-state index contributed by atoms with van der Waals surface area (Å²) in [6.07, 6.45) is 6.24. The van der Waals surface area contributed by atoms with Crippen LogP contribution in [0.2, 0.25) is 0 Å². The molecule has 4 heteroatoms. The number of hydrogen-bond acceptors (Lipinski definition) is 3. The SMILES string of the molecule is NC1(C(=O)Nc2cccc(COCC3CC3)c2)CCCC1. The fourth-order valence-electron chi connectivity index (χ4n) is 2.86. The molecule has 3 N–H and O–H groups in total. The number of anilines is 1. The van der Waals surface area contributed by atoms with E-state index in [9.17, 15) is 4.79 Å². The van der Waals surface area contributed by atoms with Gasteiger partial charge in [-0.05, 0) is 49.3 Å². The highest BCUT2D eigenvalue weighted by Crippen LogP contribution is 2.30. The fourth-order valence-corrected chi connectivity index (χ4v) is 2.86. The van der Waals surface area contributed by atoms with Crippen LogP contribution in [-0.2, 0) is 16.1 Å². The topological polar surface area (TPSA) is 64.4 Å². The molecule has 0 saturated heterocycles. The lowest BCUT2D eigenvalue weighted by Crippen LogP contribution is -2.48. The average Bonchev–Trinajstić information content (AvgIpc) is 3.19. The monoisotopic (exact) mass is 288 g/mol.